The predicted octanol–water partition coefficient (Wildman–Crippen LogP) is 4.27. The van der Waals surface area contributed by atoms with E-state index in [1.807, 2.05) is 18.2 Å². The number of para-hydroxylation sites is 1. The zero-order valence-electron chi connectivity index (χ0n) is 12.7. The van der Waals surface area contributed by atoms with Gasteiger partial charge in [-0.2, -0.15) is 0 Å². The van der Waals surface area contributed by atoms with Gasteiger partial charge in [0.2, 0.25) is 0 Å². The molecular formula is C18H22FNO. The molecule has 0 spiro atoms. The van der Waals surface area contributed by atoms with Crippen molar-refractivity contribution in [1.82, 2.24) is 0 Å². The molecule has 2 aromatic carbocycles. The predicted molar refractivity (Wildman–Crippen MR) is 85.0 cm³/mol. The van der Waals surface area contributed by atoms with Crippen molar-refractivity contribution in [1.29, 1.82) is 0 Å². The van der Waals surface area contributed by atoms with Crippen LogP contribution in [-0.4, -0.2) is 11.7 Å². The van der Waals surface area contributed by atoms with Crippen molar-refractivity contribution in [2.45, 2.75) is 32.3 Å². The molecule has 2 N–H and O–H groups in total. The van der Waals surface area contributed by atoms with Crippen LogP contribution in [0.3, 0.4) is 0 Å². The smallest absolute Gasteiger partial charge is 0.129 e. The van der Waals surface area contributed by atoms with Gasteiger partial charge in [-0.25, -0.2) is 4.39 Å². The van der Waals surface area contributed by atoms with Crippen LogP contribution in [0.1, 0.15) is 38.0 Å². The van der Waals surface area contributed by atoms with Gasteiger partial charge in [-0.05, 0) is 23.1 Å². The minimum Gasteiger partial charge on any atom is -0.386 e. The molecule has 0 amide bonds. The number of nitrogens with one attached hydrogen (secondary N) is 1. The molecule has 3 heteroatoms. The summed E-state index contributed by atoms with van der Waals surface area (Å²) in [5, 5.41) is 13.4. The summed E-state index contributed by atoms with van der Waals surface area (Å²) < 4.78 is 13.6. The maximum absolute atomic E-state index is 13.6. The molecule has 0 radical (unpaired) electrons. The molecule has 0 aliphatic heterocycles. The van der Waals surface area contributed by atoms with Crippen molar-refractivity contribution in [3.05, 3.63) is 65.5 Å². The van der Waals surface area contributed by atoms with E-state index < -0.39 is 6.10 Å². The highest BCUT2D eigenvalue weighted by atomic mass is 19.1. The second-order valence-electron chi connectivity index (χ2n) is 6.21. The highest BCUT2D eigenvalue weighted by Gasteiger charge is 2.18. The monoisotopic (exact) mass is 287 g/mol. The maximum atomic E-state index is 13.6. The second kappa shape index (κ2) is 6.27. The minimum absolute atomic E-state index is 0.00649. The van der Waals surface area contributed by atoms with E-state index in [9.17, 15) is 9.50 Å². The molecule has 0 heterocycles. The van der Waals surface area contributed by atoms with Crippen LogP contribution in [0.4, 0.5) is 10.1 Å². The van der Waals surface area contributed by atoms with E-state index in [1.54, 1.807) is 18.2 Å². The van der Waals surface area contributed by atoms with E-state index in [-0.39, 0.29) is 17.8 Å². The Morgan fingerprint density at radius 1 is 1.05 bits per heavy atom. The number of aliphatic hydroxyl groups excluding tert-OH is 1. The molecule has 0 saturated heterocycles. The normalized spacial score (nSPS) is 13.0. The number of anilines is 1. The van der Waals surface area contributed by atoms with Crippen molar-refractivity contribution in [3.63, 3.8) is 0 Å². The summed E-state index contributed by atoms with van der Waals surface area (Å²) in [5.41, 5.74) is 2.47. The number of rotatable bonds is 4. The topological polar surface area (TPSA) is 32.3 Å². The van der Waals surface area contributed by atoms with Gasteiger partial charge in [0.15, 0.2) is 0 Å². The summed E-state index contributed by atoms with van der Waals surface area (Å²) in [6.45, 7) is 6.69. The van der Waals surface area contributed by atoms with E-state index in [1.165, 1.54) is 11.6 Å². The van der Waals surface area contributed by atoms with Crippen LogP contribution in [0.5, 0.6) is 0 Å². The molecule has 2 nitrogen and oxygen atoms in total. The molecule has 2 aromatic rings. The lowest BCUT2D eigenvalue weighted by Gasteiger charge is -2.24. The first-order valence-corrected chi connectivity index (χ1v) is 7.15. The fraction of sp³-hybridized carbons (Fsp3) is 0.333. The zero-order chi connectivity index (χ0) is 15.5. The van der Waals surface area contributed by atoms with Gasteiger partial charge in [-0.15, -0.1) is 0 Å². The molecular weight excluding hydrogens is 265 g/mol. The summed E-state index contributed by atoms with van der Waals surface area (Å²) in [6, 6.07) is 14.3. The van der Waals surface area contributed by atoms with Crippen LogP contribution < -0.4 is 5.32 Å². The van der Waals surface area contributed by atoms with Gasteiger partial charge in [0, 0.05) is 17.8 Å². The third kappa shape index (κ3) is 3.82. The Morgan fingerprint density at radius 2 is 1.67 bits per heavy atom. The third-order valence-electron chi connectivity index (χ3n) is 3.49. The molecule has 1 atom stereocenters. The average molecular weight is 287 g/mol. The number of halogens is 1. The van der Waals surface area contributed by atoms with Crippen LogP contribution in [0.2, 0.25) is 0 Å². The van der Waals surface area contributed by atoms with Gasteiger partial charge in [0.05, 0.1) is 6.10 Å². The number of aliphatic hydroxyl groups is 1. The zero-order valence-corrected chi connectivity index (χ0v) is 12.7. The molecule has 0 aliphatic carbocycles. The Kier molecular flexibility index (Phi) is 4.63. The van der Waals surface area contributed by atoms with Crippen LogP contribution >= 0.6 is 0 Å². The Bertz CT molecular complexity index is 604. The van der Waals surface area contributed by atoms with Crippen molar-refractivity contribution in [3.8, 4) is 0 Å². The summed E-state index contributed by atoms with van der Waals surface area (Å²) >= 11 is 0. The summed E-state index contributed by atoms with van der Waals surface area (Å²) in [4.78, 5) is 0. The molecule has 0 fully saturated rings. The van der Waals surface area contributed by atoms with Crippen molar-refractivity contribution in [2.24, 2.45) is 0 Å². The lowest BCUT2D eigenvalue weighted by molar-refractivity contribution is 0.186. The third-order valence-corrected chi connectivity index (χ3v) is 3.49. The summed E-state index contributed by atoms with van der Waals surface area (Å²) in [6.07, 6.45) is -0.876. The minimum atomic E-state index is -0.876. The first kappa shape index (κ1) is 15.5. The Balaban J connectivity index is 2.12. The van der Waals surface area contributed by atoms with E-state index in [0.717, 1.165) is 5.69 Å². The lowest BCUT2D eigenvalue weighted by atomic mass is 9.86. The van der Waals surface area contributed by atoms with Gasteiger partial charge < -0.3 is 10.4 Å². The first-order chi connectivity index (χ1) is 9.89. The average Bonchev–Trinajstić information content (AvgIpc) is 2.44. The van der Waals surface area contributed by atoms with Crippen molar-refractivity contribution < 1.29 is 9.50 Å². The SMILES string of the molecule is CC(C)(C)c1ccccc1NCC(O)c1ccccc1F. The molecule has 0 bridgehead atoms. The molecule has 2 rings (SSSR count). The molecule has 0 aromatic heterocycles. The quantitative estimate of drug-likeness (QED) is 0.880. The van der Waals surface area contributed by atoms with Gasteiger partial charge >= 0.3 is 0 Å². The van der Waals surface area contributed by atoms with Gasteiger partial charge in [-0.3, -0.25) is 0 Å². The van der Waals surface area contributed by atoms with E-state index >= 15 is 0 Å². The van der Waals surface area contributed by atoms with Gasteiger partial charge in [-0.1, -0.05) is 57.2 Å². The Labute approximate surface area is 125 Å². The highest BCUT2D eigenvalue weighted by Crippen LogP contribution is 2.29. The summed E-state index contributed by atoms with van der Waals surface area (Å²) in [5.74, 6) is -0.379. The van der Waals surface area contributed by atoms with E-state index in [0.29, 0.717) is 5.56 Å². The number of hydrogen-bond donors (Lipinski definition) is 2. The first-order valence-electron chi connectivity index (χ1n) is 7.15. The van der Waals surface area contributed by atoms with E-state index in [4.69, 9.17) is 0 Å². The van der Waals surface area contributed by atoms with Gasteiger partial charge in [0.1, 0.15) is 5.82 Å². The maximum Gasteiger partial charge on any atom is 0.129 e. The molecule has 0 saturated carbocycles. The lowest BCUT2D eigenvalue weighted by Crippen LogP contribution is -2.18. The second-order valence-corrected chi connectivity index (χ2v) is 6.21. The van der Waals surface area contributed by atoms with Gasteiger partial charge in [0.25, 0.3) is 0 Å². The Hall–Kier alpha value is -1.87. The van der Waals surface area contributed by atoms with Crippen LogP contribution in [0.25, 0.3) is 0 Å². The van der Waals surface area contributed by atoms with Crippen LogP contribution in [-0.2, 0) is 5.41 Å². The van der Waals surface area contributed by atoms with Crippen LogP contribution in [0.15, 0.2) is 48.5 Å². The standard InChI is InChI=1S/C18H22FNO/c1-18(2,3)14-9-5-7-11-16(14)20-12-17(21)13-8-4-6-10-15(13)19/h4-11,17,20-21H,12H2,1-3H3. The van der Waals surface area contributed by atoms with E-state index in [2.05, 4.69) is 32.2 Å². The number of hydrogen-bond acceptors (Lipinski definition) is 2. The molecule has 0 aliphatic rings. The summed E-state index contributed by atoms with van der Waals surface area (Å²) in [7, 11) is 0. The number of benzene rings is 2. The van der Waals surface area contributed by atoms with Crippen LogP contribution in [0, 0.1) is 5.82 Å². The highest BCUT2D eigenvalue weighted by molar-refractivity contribution is 5.54. The van der Waals surface area contributed by atoms with Crippen molar-refractivity contribution in [2.75, 3.05) is 11.9 Å². The molecule has 112 valence electrons. The molecule has 21 heavy (non-hydrogen) atoms. The fourth-order valence-electron chi connectivity index (χ4n) is 2.35. The molecule has 1 unspecified atom stereocenters. The largest absolute Gasteiger partial charge is 0.386 e. The van der Waals surface area contributed by atoms with Crippen molar-refractivity contribution >= 4 is 5.69 Å². The fourth-order valence-corrected chi connectivity index (χ4v) is 2.35. The Morgan fingerprint density at radius 3 is 2.33 bits per heavy atom.